The Kier molecular flexibility index (Phi) is 6.36. The highest BCUT2D eigenvalue weighted by molar-refractivity contribution is 9.10. The number of carbonyl (C=O) groups excluding carboxylic acids is 1. The molecule has 1 aromatic carbocycles. The monoisotopic (exact) mass is 343 g/mol. The molecule has 1 rings (SSSR count). The SMILES string of the molecule is CCCC(C)(O)CNC(=O)/C=C/c1cc(Br)ccc1F. The first kappa shape index (κ1) is 16.9. The molecule has 0 aliphatic rings. The standard InChI is InChI=1S/C15H19BrFNO2/c1-3-8-15(2,20)10-18-14(19)7-4-11-9-12(16)5-6-13(11)17/h4-7,9,20H,3,8,10H2,1-2H3,(H,18,19)/b7-4+. The highest BCUT2D eigenvalue weighted by atomic mass is 79.9. The van der Waals surface area contributed by atoms with E-state index < -0.39 is 11.4 Å². The normalized spacial score (nSPS) is 14.2. The largest absolute Gasteiger partial charge is 0.388 e. The summed E-state index contributed by atoms with van der Waals surface area (Å²) in [5, 5.41) is 12.5. The fraction of sp³-hybridized carbons (Fsp3) is 0.400. The number of halogens is 2. The Labute approximate surface area is 127 Å². The first-order valence-electron chi connectivity index (χ1n) is 6.47. The molecule has 1 aromatic rings. The van der Waals surface area contributed by atoms with E-state index in [4.69, 9.17) is 0 Å². The second kappa shape index (κ2) is 7.55. The molecule has 1 amide bonds. The van der Waals surface area contributed by atoms with Crippen LogP contribution in [0.3, 0.4) is 0 Å². The quantitative estimate of drug-likeness (QED) is 0.779. The van der Waals surface area contributed by atoms with Gasteiger partial charge in [0.2, 0.25) is 5.91 Å². The first-order valence-corrected chi connectivity index (χ1v) is 7.27. The lowest BCUT2D eigenvalue weighted by atomic mass is 10.0. The second-order valence-corrected chi connectivity index (χ2v) is 5.88. The van der Waals surface area contributed by atoms with E-state index >= 15 is 0 Å². The van der Waals surface area contributed by atoms with E-state index in [-0.39, 0.29) is 12.5 Å². The minimum Gasteiger partial charge on any atom is -0.388 e. The molecule has 3 nitrogen and oxygen atoms in total. The molecular weight excluding hydrogens is 325 g/mol. The lowest BCUT2D eigenvalue weighted by molar-refractivity contribution is -0.117. The van der Waals surface area contributed by atoms with Crippen molar-refractivity contribution in [1.82, 2.24) is 5.32 Å². The summed E-state index contributed by atoms with van der Waals surface area (Å²) >= 11 is 3.24. The fourth-order valence-corrected chi connectivity index (χ4v) is 2.15. The number of aliphatic hydroxyl groups is 1. The van der Waals surface area contributed by atoms with Gasteiger partial charge in [-0.1, -0.05) is 29.3 Å². The van der Waals surface area contributed by atoms with Crippen LogP contribution in [-0.2, 0) is 4.79 Å². The molecule has 2 N–H and O–H groups in total. The average Bonchev–Trinajstić information content (AvgIpc) is 2.37. The Balaban J connectivity index is 2.58. The summed E-state index contributed by atoms with van der Waals surface area (Å²) in [6.07, 6.45) is 4.11. The van der Waals surface area contributed by atoms with Gasteiger partial charge in [0.15, 0.2) is 0 Å². The van der Waals surface area contributed by atoms with Gasteiger partial charge in [0.05, 0.1) is 5.60 Å². The molecule has 0 saturated carbocycles. The summed E-state index contributed by atoms with van der Waals surface area (Å²) in [6.45, 7) is 3.81. The third kappa shape index (κ3) is 5.84. The van der Waals surface area contributed by atoms with Crippen LogP contribution in [0.15, 0.2) is 28.7 Å². The van der Waals surface area contributed by atoms with Crippen LogP contribution in [0, 0.1) is 5.82 Å². The molecule has 0 aliphatic heterocycles. The Morgan fingerprint density at radius 1 is 1.55 bits per heavy atom. The third-order valence-electron chi connectivity index (χ3n) is 2.80. The molecule has 1 atom stereocenters. The van der Waals surface area contributed by atoms with Gasteiger partial charge >= 0.3 is 0 Å². The van der Waals surface area contributed by atoms with Gasteiger partial charge in [0.1, 0.15) is 5.82 Å². The highest BCUT2D eigenvalue weighted by Gasteiger charge is 2.19. The molecular formula is C15H19BrFNO2. The zero-order valence-electron chi connectivity index (χ0n) is 11.6. The van der Waals surface area contributed by atoms with Gasteiger partial charge in [0.25, 0.3) is 0 Å². The Bertz CT molecular complexity index is 501. The minimum absolute atomic E-state index is 0.172. The summed E-state index contributed by atoms with van der Waals surface area (Å²) in [7, 11) is 0. The van der Waals surface area contributed by atoms with E-state index in [1.165, 1.54) is 18.2 Å². The van der Waals surface area contributed by atoms with Gasteiger partial charge < -0.3 is 10.4 Å². The molecule has 0 radical (unpaired) electrons. The van der Waals surface area contributed by atoms with Crippen LogP contribution in [0.5, 0.6) is 0 Å². The van der Waals surface area contributed by atoms with Crippen LogP contribution in [0.1, 0.15) is 32.3 Å². The molecule has 5 heteroatoms. The van der Waals surface area contributed by atoms with E-state index in [9.17, 15) is 14.3 Å². The van der Waals surface area contributed by atoms with Crippen molar-refractivity contribution in [3.05, 3.63) is 40.1 Å². The molecule has 0 aromatic heterocycles. The maximum atomic E-state index is 13.5. The Morgan fingerprint density at radius 3 is 2.90 bits per heavy atom. The fourth-order valence-electron chi connectivity index (χ4n) is 1.77. The zero-order chi connectivity index (χ0) is 15.2. The molecule has 0 spiro atoms. The molecule has 20 heavy (non-hydrogen) atoms. The van der Waals surface area contributed by atoms with Crippen molar-refractivity contribution in [2.45, 2.75) is 32.3 Å². The summed E-state index contributed by atoms with van der Waals surface area (Å²) in [5.41, 5.74) is -0.589. The number of hydrogen-bond donors (Lipinski definition) is 2. The maximum absolute atomic E-state index is 13.5. The highest BCUT2D eigenvalue weighted by Crippen LogP contribution is 2.16. The van der Waals surface area contributed by atoms with Crippen molar-refractivity contribution in [3.63, 3.8) is 0 Å². The van der Waals surface area contributed by atoms with Crippen LogP contribution in [0.4, 0.5) is 4.39 Å². The predicted molar refractivity (Wildman–Crippen MR) is 81.7 cm³/mol. The second-order valence-electron chi connectivity index (χ2n) is 4.96. The number of benzene rings is 1. The lowest BCUT2D eigenvalue weighted by Crippen LogP contribution is -2.39. The van der Waals surface area contributed by atoms with Gasteiger partial charge in [-0.05, 0) is 37.6 Å². The number of hydrogen-bond acceptors (Lipinski definition) is 2. The molecule has 0 aliphatic carbocycles. The van der Waals surface area contributed by atoms with Gasteiger partial charge in [-0.3, -0.25) is 4.79 Å². The van der Waals surface area contributed by atoms with Crippen molar-refractivity contribution in [2.24, 2.45) is 0 Å². The number of nitrogens with one attached hydrogen (secondary N) is 1. The van der Waals surface area contributed by atoms with E-state index in [0.29, 0.717) is 12.0 Å². The topological polar surface area (TPSA) is 49.3 Å². The van der Waals surface area contributed by atoms with Gasteiger partial charge in [-0.15, -0.1) is 0 Å². The average molecular weight is 344 g/mol. The van der Waals surface area contributed by atoms with Crippen molar-refractivity contribution in [3.8, 4) is 0 Å². The van der Waals surface area contributed by atoms with Gasteiger partial charge in [0, 0.05) is 22.7 Å². The number of carbonyl (C=O) groups is 1. The maximum Gasteiger partial charge on any atom is 0.244 e. The van der Waals surface area contributed by atoms with Gasteiger partial charge in [-0.2, -0.15) is 0 Å². The van der Waals surface area contributed by atoms with E-state index in [0.717, 1.165) is 10.9 Å². The van der Waals surface area contributed by atoms with Crippen LogP contribution in [0.2, 0.25) is 0 Å². The summed E-state index contributed by atoms with van der Waals surface area (Å²) < 4.78 is 14.2. The van der Waals surface area contributed by atoms with Crippen molar-refractivity contribution in [2.75, 3.05) is 6.54 Å². The van der Waals surface area contributed by atoms with Crippen LogP contribution in [0.25, 0.3) is 6.08 Å². The van der Waals surface area contributed by atoms with E-state index in [1.807, 2.05) is 6.92 Å². The molecule has 0 saturated heterocycles. The zero-order valence-corrected chi connectivity index (χ0v) is 13.2. The van der Waals surface area contributed by atoms with Crippen LogP contribution < -0.4 is 5.32 Å². The first-order chi connectivity index (χ1) is 9.34. The van der Waals surface area contributed by atoms with Gasteiger partial charge in [-0.25, -0.2) is 4.39 Å². The summed E-state index contributed by atoms with van der Waals surface area (Å²) in [4.78, 5) is 11.6. The molecule has 0 heterocycles. The predicted octanol–water partition coefficient (Wildman–Crippen LogP) is 3.27. The summed E-state index contributed by atoms with van der Waals surface area (Å²) in [6, 6.07) is 4.51. The smallest absolute Gasteiger partial charge is 0.244 e. The van der Waals surface area contributed by atoms with Crippen molar-refractivity contribution < 1.29 is 14.3 Å². The summed E-state index contributed by atoms with van der Waals surface area (Å²) in [5.74, 6) is -0.754. The van der Waals surface area contributed by atoms with E-state index in [2.05, 4.69) is 21.2 Å². The molecule has 0 fully saturated rings. The molecule has 0 bridgehead atoms. The van der Waals surface area contributed by atoms with Crippen molar-refractivity contribution >= 4 is 27.9 Å². The van der Waals surface area contributed by atoms with Crippen LogP contribution >= 0.6 is 15.9 Å². The van der Waals surface area contributed by atoms with Crippen LogP contribution in [-0.4, -0.2) is 23.2 Å². The van der Waals surface area contributed by atoms with Crippen molar-refractivity contribution in [1.29, 1.82) is 0 Å². The van der Waals surface area contributed by atoms with E-state index in [1.54, 1.807) is 19.1 Å². The lowest BCUT2D eigenvalue weighted by Gasteiger charge is -2.22. The Hall–Kier alpha value is -1.20. The number of amides is 1. The Morgan fingerprint density at radius 2 is 2.25 bits per heavy atom. The minimum atomic E-state index is -0.917. The molecule has 1 unspecified atom stereocenters. The third-order valence-corrected chi connectivity index (χ3v) is 3.30. The number of rotatable bonds is 6. The molecule has 110 valence electrons.